The molecule has 0 aliphatic heterocycles. The van der Waals surface area contributed by atoms with Crippen LogP contribution < -0.4 is 22.4 Å². The van der Waals surface area contributed by atoms with Gasteiger partial charge in [0.1, 0.15) is 5.84 Å². The van der Waals surface area contributed by atoms with Crippen molar-refractivity contribution in [2.45, 2.75) is 0 Å². The molecule has 0 aromatic heterocycles. The molecule has 0 heterocycles. The third-order valence-corrected chi connectivity index (χ3v) is 0.566. The Bertz CT molecular complexity index is 77.7. The van der Waals surface area contributed by atoms with E-state index in [4.69, 9.17) is 11.6 Å². The van der Waals surface area contributed by atoms with Crippen LogP contribution in [0.1, 0.15) is 0 Å². The molecule has 0 aromatic rings. The largest absolute Gasteiger partial charge is 0.385 e. The Morgan fingerprint density at radius 3 is 2.75 bits per heavy atom. The number of rotatable bonds is 3. The van der Waals surface area contributed by atoms with E-state index in [1.54, 1.807) is 7.05 Å². The zero-order valence-electron chi connectivity index (χ0n) is 4.81. The Hall–Kier alpha value is -0.810. The summed E-state index contributed by atoms with van der Waals surface area (Å²) in [5.74, 6) is 5.25. The van der Waals surface area contributed by atoms with E-state index in [1.165, 1.54) is 0 Å². The first-order chi connectivity index (χ1) is 3.81. The van der Waals surface area contributed by atoms with Crippen molar-refractivity contribution in [2.75, 3.05) is 13.6 Å². The Morgan fingerprint density at radius 2 is 2.38 bits per heavy atom. The monoisotopic (exact) mass is 117 g/mol. The van der Waals surface area contributed by atoms with Crippen LogP contribution in [-0.2, 0) is 0 Å². The maximum absolute atomic E-state index is 5.24. The standard InChI is InChI=1S/C3H11N5/c1-6-2-3(4)7-8-5/h6,8H,2,5H2,1H3,(H2,4,7). The average molecular weight is 117 g/mol. The summed E-state index contributed by atoms with van der Waals surface area (Å²) in [7, 11) is 1.78. The summed E-state index contributed by atoms with van der Waals surface area (Å²) in [6.07, 6.45) is 0. The number of hydrazone groups is 1. The van der Waals surface area contributed by atoms with E-state index in [0.717, 1.165) is 0 Å². The molecule has 0 fully saturated rings. The second-order valence-electron chi connectivity index (χ2n) is 1.26. The number of likely N-dealkylation sites (N-methyl/N-ethyl adjacent to an activating group) is 1. The number of nitrogens with one attached hydrogen (secondary N) is 2. The second kappa shape index (κ2) is 4.35. The zero-order chi connectivity index (χ0) is 6.41. The van der Waals surface area contributed by atoms with Gasteiger partial charge in [0.05, 0.1) is 6.54 Å². The number of hydrogen-bond acceptors (Lipinski definition) is 4. The molecular formula is C3H11N5. The predicted molar refractivity (Wildman–Crippen MR) is 32.9 cm³/mol. The quantitative estimate of drug-likeness (QED) is 0.148. The maximum Gasteiger partial charge on any atom is 0.135 e. The van der Waals surface area contributed by atoms with Crippen molar-refractivity contribution in [3.8, 4) is 0 Å². The van der Waals surface area contributed by atoms with E-state index < -0.39 is 0 Å². The summed E-state index contributed by atoms with van der Waals surface area (Å²) in [4.78, 5) is 0. The van der Waals surface area contributed by atoms with Crippen molar-refractivity contribution >= 4 is 5.84 Å². The molecule has 0 saturated heterocycles. The predicted octanol–water partition coefficient (Wildman–Crippen LogP) is -2.06. The van der Waals surface area contributed by atoms with Crippen LogP contribution in [-0.4, -0.2) is 19.4 Å². The smallest absolute Gasteiger partial charge is 0.135 e. The van der Waals surface area contributed by atoms with Gasteiger partial charge in [-0.15, -0.1) is 0 Å². The minimum atomic E-state index is 0.440. The van der Waals surface area contributed by atoms with Crippen LogP contribution in [0.3, 0.4) is 0 Å². The van der Waals surface area contributed by atoms with Gasteiger partial charge in [0.15, 0.2) is 0 Å². The highest BCUT2D eigenvalue weighted by molar-refractivity contribution is 5.81. The molecule has 0 saturated carbocycles. The Morgan fingerprint density at radius 1 is 1.75 bits per heavy atom. The van der Waals surface area contributed by atoms with E-state index >= 15 is 0 Å². The highest BCUT2D eigenvalue weighted by Gasteiger charge is 1.83. The lowest BCUT2D eigenvalue weighted by molar-refractivity contribution is 0.791. The van der Waals surface area contributed by atoms with Crippen LogP contribution in [0.25, 0.3) is 0 Å². The number of amidine groups is 1. The molecular weight excluding hydrogens is 106 g/mol. The van der Waals surface area contributed by atoms with Crippen molar-refractivity contribution in [1.82, 2.24) is 10.9 Å². The highest BCUT2D eigenvalue weighted by atomic mass is 15.5. The summed E-state index contributed by atoms with van der Waals surface area (Å²) in [6, 6.07) is 0. The van der Waals surface area contributed by atoms with Gasteiger partial charge in [-0.25, -0.2) is 11.4 Å². The lowest BCUT2D eigenvalue weighted by Crippen LogP contribution is -2.30. The highest BCUT2D eigenvalue weighted by Crippen LogP contribution is 1.56. The van der Waals surface area contributed by atoms with Gasteiger partial charge in [-0.1, -0.05) is 0 Å². The summed E-state index contributed by atoms with van der Waals surface area (Å²) in [6.45, 7) is 0.546. The first-order valence-electron chi connectivity index (χ1n) is 2.23. The van der Waals surface area contributed by atoms with Gasteiger partial charge < -0.3 is 11.1 Å². The Kier molecular flexibility index (Phi) is 3.91. The van der Waals surface area contributed by atoms with Crippen LogP contribution >= 0.6 is 0 Å². The van der Waals surface area contributed by atoms with Crippen LogP contribution in [0.5, 0.6) is 0 Å². The minimum Gasteiger partial charge on any atom is -0.385 e. The summed E-state index contributed by atoms with van der Waals surface area (Å²) >= 11 is 0. The van der Waals surface area contributed by atoms with Crippen LogP contribution in [0.2, 0.25) is 0 Å². The molecule has 0 aromatic carbocycles. The number of hydrazine groups is 1. The SMILES string of the molecule is CNC/C(N)=N/NN. The molecule has 6 N–H and O–H groups in total. The normalized spacial score (nSPS) is 11.5. The fraction of sp³-hybridized carbons (Fsp3) is 0.667. The Labute approximate surface area is 48.1 Å². The van der Waals surface area contributed by atoms with Gasteiger partial charge in [-0.2, -0.15) is 5.10 Å². The summed E-state index contributed by atoms with van der Waals surface area (Å²) < 4.78 is 0. The first-order valence-corrected chi connectivity index (χ1v) is 2.23. The molecule has 0 atom stereocenters. The van der Waals surface area contributed by atoms with Crippen LogP contribution in [0.15, 0.2) is 5.10 Å². The van der Waals surface area contributed by atoms with E-state index in [1.807, 2.05) is 0 Å². The molecule has 48 valence electrons. The maximum atomic E-state index is 5.24. The van der Waals surface area contributed by atoms with E-state index in [2.05, 4.69) is 16.0 Å². The van der Waals surface area contributed by atoms with Crippen molar-refractivity contribution in [1.29, 1.82) is 0 Å². The number of nitrogens with two attached hydrogens (primary N) is 2. The molecule has 5 heteroatoms. The van der Waals surface area contributed by atoms with Gasteiger partial charge in [0.2, 0.25) is 0 Å². The molecule has 0 radical (unpaired) electrons. The third kappa shape index (κ3) is 3.38. The minimum absolute atomic E-state index is 0.440. The zero-order valence-corrected chi connectivity index (χ0v) is 4.81. The molecule has 0 aliphatic carbocycles. The van der Waals surface area contributed by atoms with Gasteiger partial charge in [-0.05, 0) is 7.05 Å². The van der Waals surface area contributed by atoms with E-state index in [-0.39, 0.29) is 0 Å². The molecule has 0 rings (SSSR count). The van der Waals surface area contributed by atoms with Crippen molar-refractivity contribution in [3.63, 3.8) is 0 Å². The van der Waals surface area contributed by atoms with Gasteiger partial charge >= 0.3 is 0 Å². The van der Waals surface area contributed by atoms with Crippen molar-refractivity contribution in [3.05, 3.63) is 0 Å². The topological polar surface area (TPSA) is 88.5 Å². The Balaban J connectivity index is 3.29. The lowest BCUT2D eigenvalue weighted by atomic mass is 10.6. The van der Waals surface area contributed by atoms with Crippen LogP contribution in [0, 0.1) is 0 Å². The molecule has 0 amide bonds. The first kappa shape index (κ1) is 7.19. The van der Waals surface area contributed by atoms with Crippen molar-refractivity contribution in [2.24, 2.45) is 16.7 Å². The molecule has 5 nitrogen and oxygen atoms in total. The van der Waals surface area contributed by atoms with Gasteiger partial charge in [-0.3, -0.25) is 0 Å². The van der Waals surface area contributed by atoms with Crippen LogP contribution in [0.4, 0.5) is 0 Å². The number of hydrogen-bond donors (Lipinski definition) is 4. The molecule has 0 bridgehead atoms. The van der Waals surface area contributed by atoms with E-state index in [9.17, 15) is 0 Å². The average Bonchev–Trinajstić information content (AvgIpc) is 1.68. The summed E-state index contributed by atoms with van der Waals surface area (Å²) in [5, 5.41) is 6.27. The van der Waals surface area contributed by atoms with Gasteiger partial charge in [0.25, 0.3) is 0 Å². The third-order valence-electron chi connectivity index (χ3n) is 0.566. The van der Waals surface area contributed by atoms with Crippen molar-refractivity contribution < 1.29 is 0 Å². The molecule has 0 aliphatic rings. The fourth-order valence-electron chi connectivity index (χ4n) is 0.304. The lowest BCUT2D eigenvalue weighted by Gasteiger charge is -1.95. The molecule has 0 unspecified atom stereocenters. The molecule has 8 heavy (non-hydrogen) atoms. The number of nitrogens with zero attached hydrogens (tertiary/aromatic N) is 1. The molecule has 0 spiro atoms. The fourth-order valence-corrected chi connectivity index (χ4v) is 0.304. The van der Waals surface area contributed by atoms with E-state index in [0.29, 0.717) is 12.4 Å². The van der Waals surface area contributed by atoms with Gasteiger partial charge in [0, 0.05) is 0 Å². The second-order valence-corrected chi connectivity index (χ2v) is 1.26. The summed E-state index contributed by atoms with van der Waals surface area (Å²) in [5.41, 5.74) is 7.31.